The third-order valence-corrected chi connectivity index (χ3v) is 4.93. The van der Waals surface area contributed by atoms with Crippen LogP contribution in [0.25, 0.3) is 0 Å². The lowest BCUT2D eigenvalue weighted by Crippen LogP contribution is -2.37. The zero-order valence-electron chi connectivity index (χ0n) is 16.9. The topological polar surface area (TPSA) is 63.5 Å². The van der Waals surface area contributed by atoms with Crippen molar-refractivity contribution in [2.75, 3.05) is 13.6 Å². The lowest BCUT2D eigenvalue weighted by atomic mass is 10.1. The third kappa shape index (κ3) is 7.00. The number of halogens is 1. The van der Waals surface area contributed by atoms with E-state index in [9.17, 15) is 0 Å². The molecule has 0 saturated heterocycles. The van der Waals surface area contributed by atoms with Crippen molar-refractivity contribution in [3.63, 3.8) is 0 Å². The standard InChI is InChI=1S/C21H31N5O.HI/c1-17-8-9-18(20(14-17)27-19-6-3-4-7-19)15-25-21(22-2)24-10-5-12-26-13-11-23-16-26;/h8-9,11,13-14,16,19H,3-7,10,12,15H2,1-2H3,(H2,22,24,25);1H. The monoisotopic (exact) mass is 497 g/mol. The zero-order valence-corrected chi connectivity index (χ0v) is 19.2. The second kappa shape index (κ2) is 11.9. The van der Waals surface area contributed by atoms with Crippen molar-refractivity contribution in [3.8, 4) is 5.75 Å². The van der Waals surface area contributed by atoms with Crippen molar-refractivity contribution in [3.05, 3.63) is 48.0 Å². The third-order valence-electron chi connectivity index (χ3n) is 4.93. The van der Waals surface area contributed by atoms with Crippen LogP contribution in [0.1, 0.15) is 43.2 Å². The van der Waals surface area contributed by atoms with E-state index in [1.807, 2.05) is 12.5 Å². The second-order valence-electron chi connectivity index (χ2n) is 7.14. The molecule has 1 saturated carbocycles. The molecule has 0 amide bonds. The van der Waals surface area contributed by atoms with E-state index in [-0.39, 0.29) is 24.0 Å². The number of aryl methyl sites for hydroxylation is 2. The summed E-state index contributed by atoms with van der Waals surface area (Å²) in [6.07, 6.45) is 11.9. The van der Waals surface area contributed by atoms with Gasteiger partial charge in [-0.25, -0.2) is 4.98 Å². The van der Waals surface area contributed by atoms with E-state index < -0.39 is 0 Å². The minimum atomic E-state index is 0. The first-order valence-electron chi connectivity index (χ1n) is 9.91. The first-order chi connectivity index (χ1) is 13.2. The minimum absolute atomic E-state index is 0. The molecule has 28 heavy (non-hydrogen) atoms. The van der Waals surface area contributed by atoms with Gasteiger partial charge in [0.15, 0.2) is 5.96 Å². The van der Waals surface area contributed by atoms with Crippen LogP contribution >= 0.6 is 24.0 Å². The van der Waals surface area contributed by atoms with Crippen LogP contribution in [-0.2, 0) is 13.1 Å². The van der Waals surface area contributed by atoms with Crippen molar-refractivity contribution in [1.29, 1.82) is 0 Å². The molecule has 2 N–H and O–H groups in total. The molecule has 154 valence electrons. The lowest BCUT2D eigenvalue weighted by Gasteiger charge is -2.18. The van der Waals surface area contributed by atoms with Crippen molar-refractivity contribution in [1.82, 2.24) is 20.2 Å². The molecule has 0 aliphatic heterocycles. The summed E-state index contributed by atoms with van der Waals surface area (Å²) in [4.78, 5) is 8.38. The van der Waals surface area contributed by atoms with Gasteiger partial charge in [-0.1, -0.05) is 12.1 Å². The van der Waals surface area contributed by atoms with Gasteiger partial charge in [0.25, 0.3) is 0 Å². The number of guanidine groups is 1. The summed E-state index contributed by atoms with van der Waals surface area (Å²) >= 11 is 0. The first-order valence-corrected chi connectivity index (χ1v) is 9.91. The van der Waals surface area contributed by atoms with Crippen LogP contribution in [0.4, 0.5) is 0 Å². The van der Waals surface area contributed by atoms with Gasteiger partial charge in [0.1, 0.15) is 5.75 Å². The summed E-state index contributed by atoms with van der Waals surface area (Å²) in [5, 5.41) is 6.77. The normalized spacial score (nSPS) is 14.6. The molecule has 1 aliphatic rings. The molecule has 0 atom stereocenters. The predicted molar refractivity (Wildman–Crippen MR) is 125 cm³/mol. The zero-order chi connectivity index (χ0) is 18.9. The highest BCUT2D eigenvalue weighted by molar-refractivity contribution is 14.0. The summed E-state index contributed by atoms with van der Waals surface area (Å²) in [6, 6.07) is 6.44. The number of ether oxygens (including phenoxy) is 1. The van der Waals surface area contributed by atoms with Gasteiger partial charge in [-0.15, -0.1) is 24.0 Å². The smallest absolute Gasteiger partial charge is 0.191 e. The molecule has 3 rings (SSSR count). The average Bonchev–Trinajstić information content (AvgIpc) is 3.36. The van der Waals surface area contributed by atoms with Crippen LogP contribution in [0.2, 0.25) is 0 Å². The van der Waals surface area contributed by atoms with E-state index in [2.05, 4.69) is 50.3 Å². The molecule has 1 aliphatic carbocycles. The number of nitrogens with one attached hydrogen (secondary N) is 2. The van der Waals surface area contributed by atoms with Gasteiger partial charge in [-0.2, -0.15) is 0 Å². The molecule has 6 nitrogen and oxygen atoms in total. The Kier molecular flexibility index (Phi) is 9.60. The summed E-state index contributed by atoms with van der Waals surface area (Å²) in [6.45, 7) is 4.61. The van der Waals surface area contributed by atoms with Crippen molar-refractivity contribution < 1.29 is 4.74 Å². The van der Waals surface area contributed by atoms with Gasteiger partial charge in [-0.3, -0.25) is 4.99 Å². The van der Waals surface area contributed by atoms with E-state index in [4.69, 9.17) is 4.74 Å². The van der Waals surface area contributed by atoms with Crippen LogP contribution in [-0.4, -0.2) is 35.2 Å². The Labute approximate surface area is 185 Å². The Balaban J connectivity index is 0.00000280. The Morgan fingerprint density at radius 3 is 2.82 bits per heavy atom. The van der Waals surface area contributed by atoms with Crippen LogP contribution in [0, 0.1) is 6.92 Å². The van der Waals surface area contributed by atoms with Crippen LogP contribution in [0.3, 0.4) is 0 Å². The quantitative estimate of drug-likeness (QED) is 0.252. The minimum Gasteiger partial charge on any atom is -0.490 e. The maximum absolute atomic E-state index is 6.28. The van der Waals surface area contributed by atoms with Gasteiger partial charge in [-0.05, 0) is 50.7 Å². The number of hydrogen-bond donors (Lipinski definition) is 2. The molecule has 1 aromatic heterocycles. The van der Waals surface area contributed by atoms with Crippen LogP contribution in [0.15, 0.2) is 41.9 Å². The molecule has 1 fully saturated rings. The predicted octanol–water partition coefficient (Wildman–Crippen LogP) is 3.89. The largest absolute Gasteiger partial charge is 0.490 e. The van der Waals surface area contributed by atoms with E-state index in [1.54, 1.807) is 13.2 Å². The van der Waals surface area contributed by atoms with Gasteiger partial charge < -0.3 is 19.9 Å². The van der Waals surface area contributed by atoms with E-state index in [0.717, 1.165) is 31.2 Å². The Morgan fingerprint density at radius 1 is 1.29 bits per heavy atom. The number of aliphatic imine (C=N–C) groups is 1. The molecule has 0 spiro atoms. The SMILES string of the molecule is CN=C(NCCCn1ccnc1)NCc1ccc(C)cc1OC1CCCC1.I. The highest BCUT2D eigenvalue weighted by atomic mass is 127. The fourth-order valence-electron chi connectivity index (χ4n) is 3.39. The molecule has 2 aromatic rings. The number of imidazole rings is 1. The molecular formula is C21H32IN5O. The maximum Gasteiger partial charge on any atom is 0.191 e. The van der Waals surface area contributed by atoms with Crippen molar-refractivity contribution >= 4 is 29.9 Å². The fourth-order valence-corrected chi connectivity index (χ4v) is 3.39. The van der Waals surface area contributed by atoms with E-state index in [1.165, 1.54) is 36.8 Å². The molecule has 7 heteroatoms. The molecule has 1 heterocycles. The van der Waals surface area contributed by atoms with Crippen LogP contribution < -0.4 is 15.4 Å². The van der Waals surface area contributed by atoms with Crippen LogP contribution in [0.5, 0.6) is 5.75 Å². The molecule has 0 bridgehead atoms. The van der Waals surface area contributed by atoms with Gasteiger partial charge in [0.05, 0.1) is 12.4 Å². The molecule has 1 aromatic carbocycles. The Hall–Kier alpha value is -1.77. The maximum atomic E-state index is 6.28. The van der Waals surface area contributed by atoms with E-state index in [0.29, 0.717) is 12.6 Å². The lowest BCUT2D eigenvalue weighted by molar-refractivity contribution is 0.207. The Morgan fingerprint density at radius 2 is 2.11 bits per heavy atom. The number of aromatic nitrogens is 2. The molecule has 0 radical (unpaired) electrons. The average molecular weight is 497 g/mol. The number of nitrogens with zero attached hydrogens (tertiary/aromatic N) is 3. The summed E-state index contributed by atoms with van der Waals surface area (Å²) in [5.74, 6) is 1.82. The van der Waals surface area contributed by atoms with Gasteiger partial charge in [0, 0.05) is 44.6 Å². The fraction of sp³-hybridized carbons (Fsp3) is 0.524. The van der Waals surface area contributed by atoms with Crippen molar-refractivity contribution in [2.24, 2.45) is 4.99 Å². The highest BCUT2D eigenvalue weighted by Gasteiger charge is 2.18. The van der Waals surface area contributed by atoms with Gasteiger partial charge >= 0.3 is 0 Å². The van der Waals surface area contributed by atoms with E-state index >= 15 is 0 Å². The summed E-state index contributed by atoms with van der Waals surface area (Å²) < 4.78 is 8.36. The molecular weight excluding hydrogens is 465 g/mol. The van der Waals surface area contributed by atoms with Gasteiger partial charge in [0.2, 0.25) is 0 Å². The van der Waals surface area contributed by atoms with Crippen molar-refractivity contribution in [2.45, 2.75) is 58.2 Å². The Bertz CT molecular complexity index is 726. The first kappa shape index (κ1) is 22.5. The highest BCUT2D eigenvalue weighted by Crippen LogP contribution is 2.27. The number of rotatable bonds is 8. The summed E-state index contributed by atoms with van der Waals surface area (Å²) in [5.41, 5.74) is 2.41. The second-order valence-corrected chi connectivity index (χ2v) is 7.14. The number of benzene rings is 1. The summed E-state index contributed by atoms with van der Waals surface area (Å²) in [7, 11) is 1.80. The molecule has 0 unspecified atom stereocenters. The number of hydrogen-bond acceptors (Lipinski definition) is 3.